The first-order valence-electron chi connectivity index (χ1n) is 3.25. The van der Waals surface area contributed by atoms with E-state index in [1.54, 1.807) is 0 Å². The van der Waals surface area contributed by atoms with Crippen LogP contribution < -0.4 is 0 Å². The van der Waals surface area contributed by atoms with Crippen LogP contribution in [0, 0.1) is 0 Å². The van der Waals surface area contributed by atoms with Crippen LogP contribution in [0.15, 0.2) is 16.8 Å². The molecule has 0 saturated heterocycles. The average molecular weight is 217 g/mol. The van der Waals surface area contributed by atoms with Gasteiger partial charge in [0.1, 0.15) is 0 Å². The Labute approximate surface area is 81.5 Å². The van der Waals surface area contributed by atoms with Crippen LogP contribution in [0.2, 0.25) is 0 Å². The lowest BCUT2D eigenvalue weighted by molar-refractivity contribution is -0.0864. The minimum absolute atomic E-state index is 0. The summed E-state index contributed by atoms with van der Waals surface area (Å²) in [5, 5.41) is 0. The maximum absolute atomic E-state index is 12.1. The third kappa shape index (κ3) is 6.45. The van der Waals surface area contributed by atoms with E-state index in [1.165, 1.54) is 26.0 Å². The van der Waals surface area contributed by atoms with Crippen LogP contribution in [0.3, 0.4) is 0 Å². The van der Waals surface area contributed by atoms with Gasteiger partial charge in [0.05, 0.1) is 5.57 Å². The summed E-state index contributed by atoms with van der Waals surface area (Å²) in [6, 6.07) is 0. The first-order chi connectivity index (χ1) is 5.38. The van der Waals surface area contributed by atoms with E-state index in [-0.39, 0.29) is 12.4 Å². The quantitative estimate of drug-likeness (QED) is 0.646. The maximum Gasteiger partial charge on any atom is 0.419 e. The lowest BCUT2D eigenvalue weighted by atomic mass is 10.3. The number of alkyl halides is 3. The molecule has 0 aliphatic rings. The lowest BCUT2D eigenvalue weighted by Crippen LogP contribution is -2.16. The van der Waals surface area contributed by atoms with Crippen molar-refractivity contribution in [2.24, 2.45) is 4.99 Å². The van der Waals surface area contributed by atoms with Crippen LogP contribution in [0.1, 0.15) is 0 Å². The molecule has 0 aromatic rings. The number of halogens is 4. The van der Waals surface area contributed by atoms with E-state index < -0.39 is 11.7 Å². The van der Waals surface area contributed by atoms with E-state index in [9.17, 15) is 13.2 Å². The van der Waals surface area contributed by atoms with Crippen molar-refractivity contribution in [3.63, 3.8) is 0 Å². The molecule has 6 heteroatoms. The molecule has 0 fully saturated rings. The summed E-state index contributed by atoms with van der Waals surface area (Å²) in [6.07, 6.45) is -2.56. The van der Waals surface area contributed by atoms with Gasteiger partial charge >= 0.3 is 6.18 Å². The molecule has 0 radical (unpaired) electrons. The van der Waals surface area contributed by atoms with Crippen molar-refractivity contribution in [3.05, 3.63) is 11.8 Å². The molecule has 0 aromatic heterocycles. The number of allylic oxidation sites excluding steroid dienone is 1. The SMILES string of the molecule is CN=CC(=CN(C)C)C(F)(F)F.Cl. The molecule has 2 nitrogen and oxygen atoms in total. The monoisotopic (exact) mass is 216 g/mol. The van der Waals surface area contributed by atoms with Gasteiger partial charge < -0.3 is 4.90 Å². The van der Waals surface area contributed by atoms with Crippen LogP contribution in [-0.2, 0) is 0 Å². The molecule has 0 heterocycles. The minimum Gasteiger partial charge on any atom is -0.383 e. The smallest absolute Gasteiger partial charge is 0.383 e. The van der Waals surface area contributed by atoms with Crippen molar-refractivity contribution in [3.8, 4) is 0 Å². The Balaban J connectivity index is 0. The van der Waals surface area contributed by atoms with Crippen molar-refractivity contribution in [1.29, 1.82) is 0 Å². The Kier molecular flexibility index (Phi) is 6.66. The molecule has 0 rings (SSSR count). The molecule has 0 amide bonds. The number of rotatable bonds is 2. The van der Waals surface area contributed by atoms with Crippen molar-refractivity contribution in [1.82, 2.24) is 4.90 Å². The van der Waals surface area contributed by atoms with Crippen molar-refractivity contribution >= 4 is 18.6 Å². The zero-order chi connectivity index (χ0) is 9.78. The van der Waals surface area contributed by atoms with Crippen LogP contribution >= 0.6 is 12.4 Å². The van der Waals surface area contributed by atoms with E-state index in [0.29, 0.717) is 0 Å². The third-order valence-electron chi connectivity index (χ3n) is 0.993. The van der Waals surface area contributed by atoms with E-state index in [1.807, 2.05) is 0 Å². The first-order valence-corrected chi connectivity index (χ1v) is 3.25. The fraction of sp³-hybridized carbons (Fsp3) is 0.571. The van der Waals surface area contributed by atoms with E-state index in [4.69, 9.17) is 0 Å². The van der Waals surface area contributed by atoms with Gasteiger partial charge in [0, 0.05) is 33.6 Å². The van der Waals surface area contributed by atoms with Crippen LogP contribution in [0.25, 0.3) is 0 Å². The lowest BCUT2D eigenvalue weighted by Gasteiger charge is -2.10. The highest BCUT2D eigenvalue weighted by molar-refractivity contribution is 5.85. The topological polar surface area (TPSA) is 15.6 Å². The molecule has 0 aromatic carbocycles. The standard InChI is InChI=1S/C7H11F3N2.ClH/c1-11-4-6(5-12(2)3)7(8,9)10;/h4-5H,1-3H3;1H. The van der Waals surface area contributed by atoms with Gasteiger partial charge in [-0.15, -0.1) is 12.4 Å². The Bertz CT molecular complexity index is 196. The largest absolute Gasteiger partial charge is 0.419 e. The van der Waals surface area contributed by atoms with Gasteiger partial charge in [-0.25, -0.2) is 0 Å². The van der Waals surface area contributed by atoms with Gasteiger partial charge in [0.15, 0.2) is 0 Å². The third-order valence-corrected chi connectivity index (χ3v) is 0.993. The Morgan fingerprint density at radius 2 is 1.77 bits per heavy atom. The molecule has 0 bridgehead atoms. The summed E-state index contributed by atoms with van der Waals surface area (Å²) >= 11 is 0. The molecule has 78 valence electrons. The van der Waals surface area contributed by atoms with Gasteiger partial charge in [0.25, 0.3) is 0 Å². The number of hydrogen-bond donors (Lipinski definition) is 0. The predicted octanol–water partition coefficient (Wildman–Crippen LogP) is 2.12. The molecule has 0 N–H and O–H groups in total. The van der Waals surface area contributed by atoms with Gasteiger partial charge in [0.2, 0.25) is 0 Å². The summed E-state index contributed by atoms with van der Waals surface area (Å²) < 4.78 is 36.2. The molecule has 0 spiro atoms. The zero-order valence-corrected chi connectivity index (χ0v) is 8.41. The van der Waals surface area contributed by atoms with Gasteiger partial charge in [-0.2, -0.15) is 13.2 Å². The average Bonchev–Trinajstić information content (AvgIpc) is 1.83. The van der Waals surface area contributed by atoms with Crippen molar-refractivity contribution < 1.29 is 13.2 Å². The fourth-order valence-corrected chi connectivity index (χ4v) is 0.597. The van der Waals surface area contributed by atoms with E-state index >= 15 is 0 Å². The molecule has 13 heavy (non-hydrogen) atoms. The highest BCUT2D eigenvalue weighted by Gasteiger charge is 2.32. The van der Waals surface area contributed by atoms with Crippen LogP contribution in [0.5, 0.6) is 0 Å². The summed E-state index contributed by atoms with van der Waals surface area (Å²) in [5.41, 5.74) is -0.755. The second-order valence-corrected chi connectivity index (χ2v) is 2.43. The summed E-state index contributed by atoms with van der Waals surface area (Å²) in [7, 11) is 4.35. The number of hydrogen-bond acceptors (Lipinski definition) is 2. The van der Waals surface area contributed by atoms with Gasteiger partial charge in [-0.3, -0.25) is 4.99 Å². The zero-order valence-electron chi connectivity index (χ0n) is 7.59. The molecule has 0 atom stereocenters. The van der Waals surface area contributed by atoms with Crippen molar-refractivity contribution in [2.75, 3.05) is 21.1 Å². The summed E-state index contributed by atoms with van der Waals surface area (Å²) in [4.78, 5) is 4.64. The van der Waals surface area contributed by atoms with Crippen LogP contribution in [-0.4, -0.2) is 38.4 Å². The highest BCUT2D eigenvalue weighted by Crippen LogP contribution is 2.23. The molecule has 0 aliphatic carbocycles. The second kappa shape index (κ2) is 5.85. The molecular weight excluding hydrogens is 205 g/mol. The van der Waals surface area contributed by atoms with Crippen molar-refractivity contribution in [2.45, 2.75) is 6.18 Å². The van der Waals surface area contributed by atoms with Gasteiger partial charge in [-0.05, 0) is 0 Å². The Morgan fingerprint density at radius 1 is 1.31 bits per heavy atom. The molecule has 0 unspecified atom stereocenters. The van der Waals surface area contributed by atoms with Gasteiger partial charge in [-0.1, -0.05) is 0 Å². The molecule has 0 aliphatic heterocycles. The summed E-state index contributed by atoms with van der Waals surface area (Å²) in [5.74, 6) is 0. The first kappa shape index (κ1) is 14.8. The predicted molar refractivity (Wildman–Crippen MR) is 49.5 cm³/mol. The minimum atomic E-state index is -4.33. The molecule has 0 saturated carbocycles. The Morgan fingerprint density at radius 3 is 2.00 bits per heavy atom. The summed E-state index contributed by atoms with van der Waals surface area (Å²) in [6.45, 7) is 0. The highest BCUT2D eigenvalue weighted by atomic mass is 35.5. The normalized spacial score (nSPS) is 12.9. The van der Waals surface area contributed by atoms with E-state index in [2.05, 4.69) is 4.99 Å². The molecular formula is C7H12ClF3N2. The Hall–Kier alpha value is -0.710. The van der Waals surface area contributed by atoms with Crippen LogP contribution in [0.4, 0.5) is 13.2 Å². The van der Waals surface area contributed by atoms with E-state index in [0.717, 1.165) is 12.4 Å². The fourth-order valence-electron chi connectivity index (χ4n) is 0.597. The maximum atomic E-state index is 12.1. The number of aliphatic imine (C=N–C) groups is 1. The second-order valence-electron chi connectivity index (χ2n) is 2.43. The number of nitrogens with zero attached hydrogens (tertiary/aromatic N) is 2.